The molecule has 0 saturated carbocycles. The van der Waals surface area contributed by atoms with Crippen LogP contribution in [0.5, 0.6) is 5.75 Å². The van der Waals surface area contributed by atoms with Crippen LogP contribution in [0.1, 0.15) is 56.0 Å². The molecule has 1 aromatic heterocycles. The number of likely N-dealkylation sites (tertiary alicyclic amines) is 1. The van der Waals surface area contributed by atoms with Gasteiger partial charge in [-0.2, -0.15) is 5.10 Å². The van der Waals surface area contributed by atoms with Crippen LogP contribution in [0.4, 0.5) is 0 Å². The molecule has 2 heterocycles. The van der Waals surface area contributed by atoms with Crippen LogP contribution in [-0.2, 0) is 4.79 Å². The Morgan fingerprint density at radius 2 is 2.17 bits per heavy atom. The highest BCUT2D eigenvalue weighted by Crippen LogP contribution is 2.33. The maximum atomic E-state index is 13.2. The highest BCUT2D eigenvalue weighted by atomic mass is 16.5. The first kappa shape index (κ1) is 16.5. The van der Waals surface area contributed by atoms with E-state index in [0.717, 1.165) is 49.4 Å². The molecule has 1 amide bonds. The Balaban J connectivity index is 1.83. The van der Waals surface area contributed by atoms with Crippen LogP contribution in [-0.4, -0.2) is 39.6 Å². The van der Waals surface area contributed by atoms with E-state index in [4.69, 9.17) is 4.74 Å². The van der Waals surface area contributed by atoms with E-state index < -0.39 is 0 Å². The van der Waals surface area contributed by atoms with Crippen LogP contribution in [0.2, 0.25) is 0 Å². The zero-order valence-corrected chi connectivity index (χ0v) is 14.2. The van der Waals surface area contributed by atoms with Crippen molar-refractivity contribution in [2.24, 2.45) is 0 Å². The Labute approximate surface area is 142 Å². The number of carbonyl (C=O) groups is 1. The van der Waals surface area contributed by atoms with E-state index in [1.54, 1.807) is 7.11 Å². The number of ether oxygens (including phenoxy) is 1. The molecular weight excluding hydrogens is 304 g/mol. The predicted molar refractivity (Wildman–Crippen MR) is 90.7 cm³/mol. The fourth-order valence-electron chi connectivity index (χ4n) is 3.44. The van der Waals surface area contributed by atoms with Crippen LogP contribution in [0.15, 0.2) is 30.6 Å². The van der Waals surface area contributed by atoms with E-state index in [0.29, 0.717) is 0 Å². The van der Waals surface area contributed by atoms with E-state index in [-0.39, 0.29) is 17.9 Å². The Hall–Kier alpha value is -2.37. The van der Waals surface area contributed by atoms with Crippen LogP contribution in [0.25, 0.3) is 0 Å². The number of carbonyl (C=O) groups excluding carboxylic acids is 1. The summed E-state index contributed by atoms with van der Waals surface area (Å²) in [6.45, 7) is 2.83. The third kappa shape index (κ3) is 3.27. The van der Waals surface area contributed by atoms with Crippen molar-refractivity contribution in [2.45, 2.75) is 44.6 Å². The standard InChI is InChI=1S/C18H24N4O2/c1-3-15(13-7-9-14(24-2)10-8-13)18(23)22-11-5-4-6-16(22)17-19-12-20-21-17/h7-10,12,15-16H,3-6,11H2,1-2H3,(H,19,20,21)/t15-,16-/m1/s1. The molecule has 0 unspecified atom stereocenters. The Morgan fingerprint density at radius 3 is 2.79 bits per heavy atom. The highest BCUT2D eigenvalue weighted by molar-refractivity contribution is 5.84. The molecule has 1 aliphatic heterocycles. The third-order valence-electron chi connectivity index (χ3n) is 4.76. The number of nitrogens with one attached hydrogen (secondary N) is 1. The summed E-state index contributed by atoms with van der Waals surface area (Å²) in [6.07, 6.45) is 5.35. The summed E-state index contributed by atoms with van der Waals surface area (Å²) >= 11 is 0. The number of piperidine rings is 1. The van der Waals surface area contributed by atoms with Gasteiger partial charge in [0.25, 0.3) is 0 Å². The average Bonchev–Trinajstić information content (AvgIpc) is 3.17. The normalized spacial score (nSPS) is 19.1. The van der Waals surface area contributed by atoms with Crippen molar-refractivity contribution in [3.8, 4) is 5.75 Å². The molecular formula is C18H24N4O2. The minimum absolute atomic E-state index is 0.000971. The lowest BCUT2D eigenvalue weighted by atomic mass is 9.92. The molecule has 0 aliphatic carbocycles. The number of nitrogens with zero attached hydrogens (tertiary/aromatic N) is 3. The molecule has 2 aromatic rings. The van der Waals surface area contributed by atoms with Gasteiger partial charge in [-0.1, -0.05) is 19.1 Å². The molecule has 0 bridgehead atoms. The molecule has 1 N–H and O–H groups in total. The summed E-state index contributed by atoms with van der Waals surface area (Å²) in [7, 11) is 1.65. The number of hydrogen-bond acceptors (Lipinski definition) is 4. The van der Waals surface area contributed by atoms with Gasteiger partial charge < -0.3 is 9.64 Å². The maximum Gasteiger partial charge on any atom is 0.230 e. The number of benzene rings is 1. The van der Waals surface area contributed by atoms with Gasteiger partial charge in [0.1, 0.15) is 17.9 Å². The minimum Gasteiger partial charge on any atom is -0.497 e. The highest BCUT2D eigenvalue weighted by Gasteiger charge is 2.33. The van der Waals surface area contributed by atoms with Crippen molar-refractivity contribution in [1.82, 2.24) is 20.1 Å². The smallest absolute Gasteiger partial charge is 0.230 e. The fraction of sp³-hybridized carbons (Fsp3) is 0.500. The van der Waals surface area contributed by atoms with Gasteiger partial charge >= 0.3 is 0 Å². The first-order valence-electron chi connectivity index (χ1n) is 8.54. The lowest BCUT2D eigenvalue weighted by Gasteiger charge is -2.36. The van der Waals surface area contributed by atoms with E-state index >= 15 is 0 Å². The predicted octanol–water partition coefficient (Wildman–Crippen LogP) is 3.06. The molecule has 24 heavy (non-hydrogen) atoms. The second kappa shape index (κ2) is 7.47. The van der Waals surface area contributed by atoms with Crippen LogP contribution >= 0.6 is 0 Å². The summed E-state index contributed by atoms with van der Waals surface area (Å²) in [5, 5.41) is 6.88. The molecule has 0 spiro atoms. The van der Waals surface area contributed by atoms with Crippen molar-refractivity contribution in [3.05, 3.63) is 42.0 Å². The molecule has 6 nitrogen and oxygen atoms in total. The second-order valence-corrected chi connectivity index (χ2v) is 6.15. The zero-order chi connectivity index (χ0) is 16.9. The van der Waals surface area contributed by atoms with Gasteiger partial charge in [0.15, 0.2) is 0 Å². The molecule has 3 rings (SSSR count). The molecule has 1 aliphatic rings. The number of amides is 1. The van der Waals surface area contributed by atoms with Crippen LogP contribution < -0.4 is 4.74 Å². The van der Waals surface area contributed by atoms with Gasteiger partial charge in [0, 0.05) is 6.54 Å². The summed E-state index contributed by atoms with van der Waals surface area (Å²) in [5.74, 6) is 1.62. The van der Waals surface area contributed by atoms with Crippen molar-refractivity contribution >= 4 is 5.91 Å². The number of aromatic nitrogens is 3. The fourth-order valence-corrected chi connectivity index (χ4v) is 3.44. The minimum atomic E-state index is -0.139. The molecule has 1 aromatic carbocycles. The van der Waals surface area contributed by atoms with Crippen LogP contribution in [0, 0.1) is 0 Å². The Kier molecular flexibility index (Phi) is 5.13. The molecule has 6 heteroatoms. The molecule has 1 saturated heterocycles. The quantitative estimate of drug-likeness (QED) is 0.915. The Morgan fingerprint density at radius 1 is 1.38 bits per heavy atom. The molecule has 128 valence electrons. The molecule has 1 fully saturated rings. The van der Waals surface area contributed by atoms with Crippen molar-refractivity contribution in [3.63, 3.8) is 0 Å². The topological polar surface area (TPSA) is 71.1 Å². The first-order valence-corrected chi connectivity index (χ1v) is 8.54. The SMILES string of the molecule is CC[C@@H](C(=O)N1CCCC[C@@H]1c1ncn[nH]1)c1ccc(OC)cc1. The lowest BCUT2D eigenvalue weighted by Crippen LogP contribution is -2.41. The number of hydrogen-bond donors (Lipinski definition) is 1. The van der Waals surface area contributed by atoms with E-state index in [2.05, 4.69) is 22.1 Å². The summed E-state index contributed by atoms with van der Waals surface area (Å²) < 4.78 is 5.21. The largest absolute Gasteiger partial charge is 0.497 e. The number of aromatic amines is 1. The molecule has 2 atom stereocenters. The zero-order valence-electron chi connectivity index (χ0n) is 14.2. The summed E-state index contributed by atoms with van der Waals surface area (Å²) in [4.78, 5) is 19.5. The first-order chi connectivity index (χ1) is 11.7. The second-order valence-electron chi connectivity index (χ2n) is 6.15. The lowest BCUT2D eigenvalue weighted by molar-refractivity contribution is -0.137. The monoisotopic (exact) mass is 328 g/mol. The molecule has 0 radical (unpaired) electrons. The van der Waals surface area contributed by atoms with Crippen molar-refractivity contribution in [2.75, 3.05) is 13.7 Å². The van der Waals surface area contributed by atoms with Crippen molar-refractivity contribution in [1.29, 1.82) is 0 Å². The third-order valence-corrected chi connectivity index (χ3v) is 4.76. The van der Waals surface area contributed by atoms with Gasteiger partial charge in [0.05, 0.1) is 19.1 Å². The van der Waals surface area contributed by atoms with Gasteiger partial charge in [0.2, 0.25) is 5.91 Å². The van der Waals surface area contributed by atoms with E-state index in [1.165, 1.54) is 6.33 Å². The maximum absolute atomic E-state index is 13.2. The number of methoxy groups -OCH3 is 1. The van der Waals surface area contributed by atoms with E-state index in [9.17, 15) is 4.79 Å². The van der Waals surface area contributed by atoms with E-state index in [1.807, 2.05) is 29.2 Å². The Bertz CT molecular complexity index is 654. The number of rotatable bonds is 5. The average molecular weight is 328 g/mol. The summed E-state index contributed by atoms with van der Waals surface area (Å²) in [5.41, 5.74) is 1.03. The van der Waals surface area contributed by atoms with Gasteiger partial charge in [-0.05, 0) is 43.4 Å². The van der Waals surface area contributed by atoms with Gasteiger partial charge in [-0.25, -0.2) is 4.98 Å². The van der Waals surface area contributed by atoms with Crippen LogP contribution in [0.3, 0.4) is 0 Å². The van der Waals surface area contributed by atoms with Gasteiger partial charge in [-0.15, -0.1) is 0 Å². The summed E-state index contributed by atoms with van der Waals surface area (Å²) in [6, 6.07) is 7.79. The van der Waals surface area contributed by atoms with Gasteiger partial charge in [-0.3, -0.25) is 9.89 Å². The van der Waals surface area contributed by atoms with Crippen molar-refractivity contribution < 1.29 is 9.53 Å². The number of H-pyrrole nitrogens is 1.